The zero-order chi connectivity index (χ0) is 31.2. The van der Waals surface area contributed by atoms with Crippen molar-refractivity contribution in [3.8, 4) is 5.75 Å². The summed E-state index contributed by atoms with van der Waals surface area (Å²) in [7, 11) is 0. The largest absolute Gasteiger partial charge is 0.508 e. The van der Waals surface area contributed by atoms with Gasteiger partial charge in [-0.3, -0.25) is 24.0 Å². The Bertz CT molecular complexity index is 1250. The average molecular weight is 586 g/mol. The van der Waals surface area contributed by atoms with Gasteiger partial charge in [-0.1, -0.05) is 42.5 Å². The van der Waals surface area contributed by atoms with E-state index in [1.807, 2.05) is 0 Å². The van der Waals surface area contributed by atoms with Crippen molar-refractivity contribution in [3.63, 3.8) is 0 Å². The lowest BCUT2D eigenvalue weighted by molar-refractivity contribution is -0.142. The van der Waals surface area contributed by atoms with E-state index in [2.05, 4.69) is 16.0 Å². The molecule has 42 heavy (non-hydrogen) atoms. The fourth-order valence-corrected chi connectivity index (χ4v) is 3.94. The molecule has 226 valence electrons. The van der Waals surface area contributed by atoms with Gasteiger partial charge in [0.05, 0.1) is 6.04 Å². The van der Waals surface area contributed by atoms with E-state index in [1.54, 1.807) is 42.5 Å². The molecule has 2 rings (SSSR count). The summed E-state index contributed by atoms with van der Waals surface area (Å²) in [6.07, 6.45) is -1.41. The molecule has 0 saturated heterocycles. The first-order valence-corrected chi connectivity index (χ1v) is 13.1. The molecular formula is C28H35N5O9. The van der Waals surface area contributed by atoms with Crippen LogP contribution < -0.4 is 27.4 Å². The Hall–Kier alpha value is -4.98. The maximum Gasteiger partial charge on any atom is 0.326 e. The average Bonchev–Trinajstić information content (AvgIpc) is 2.93. The van der Waals surface area contributed by atoms with Crippen LogP contribution in [0.3, 0.4) is 0 Å². The minimum Gasteiger partial charge on any atom is -0.508 e. The fourth-order valence-electron chi connectivity index (χ4n) is 3.94. The van der Waals surface area contributed by atoms with E-state index in [-0.39, 0.29) is 37.9 Å². The van der Waals surface area contributed by atoms with Gasteiger partial charge < -0.3 is 42.7 Å². The van der Waals surface area contributed by atoms with Crippen LogP contribution in [-0.4, -0.2) is 75.1 Å². The number of carboxylic acid groups (broad SMARTS) is 2. The van der Waals surface area contributed by atoms with Crippen LogP contribution in [-0.2, 0) is 41.6 Å². The molecule has 0 fully saturated rings. The van der Waals surface area contributed by atoms with E-state index < -0.39 is 66.2 Å². The number of hydrogen-bond acceptors (Lipinski definition) is 8. The Morgan fingerprint density at radius 2 is 1.19 bits per heavy atom. The third kappa shape index (κ3) is 11.6. The number of carbonyl (C=O) groups excluding carboxylic acids is 4. The summed E-state index contributed by atoms with van der Waals surface area (Å²) in [5.41, 5.74) is 12.3. The number of hydrogen-bond donors (Lipinski definition) is 8. The number of phenolic OH excluding ortho intramolecular Hbond substituents is 1. The Balaban J connectivity index is 2.22. The van der Waals surface area contributed by atoms with Crippen LogP contribution in [0.4, 0.5) is 0 Å². The van der Waals surface area contributed by atoms with Gasteiger partial charge in [0.2, 0.25) is 23.6 Å². The van der Waals surface area contributed by atoms with Crippen molar-refractivity contribution in [2.75, 3.05) is 0 Å². The molecule has 0 aromatic heterocycles. The molecule has 0 bridgehead atoms. The number of benzene rings is 2. The Kier molecular flexibility index (Phi) is 12.9. The number of amides is 4. The lowest BCUT2D eigenvalue weighted by atomic mass is 10.0. The van der Waals surface area contributed by atoms with Crippen molar-refractivity contribution in [1.82, 2.24) is 16.0 Å². The number of nitrogens with one attached hydrogen (secondary N) is 3. The van der Waals surface area contributed by atoms with E-state index in [0.29, 0.717) is 11.1 Å². The molecule has 0 saturated carbocycles. The molecule has 4 atom stereocenters. The first-order valence-electron chi connectivity index (χ1n) is 13.1. The molecule has 2 aromatic carbocycles. The van der Waals surface area contributed by atoms with E-state index in [1.165, 1.54) is 12.1 Å². The molecule has 0 aliphatic rings. The summed E-state index contributed by atoms with van der Waals surface area (Å²) in [6, 6.07) is 9.15. The monoisotopic (exact) mass is 585 g/mol. The first-order chi connectivity index (χ1) is 19.8. The first kappa shape index (κ1) is 33.2. The zero-order valence-electron chi connectivity index (χ0n) is 22.7. The van der Waals surface area contributed by atoms with Crippen molar-refractivity contribution < 1.29 is 44.1 Å². The van der Waals surface area contributed by atoms with E-state index in [9.17, 15) is 39.0 Å². The summed E-state index contributed by atoms with van der Waals surface area (Å²) < 4.78 is 0. The second-order valence-electron chi connectivity index (χ2n) is 9.63. The second-order valence-corrected chi connectivity index (χ2v) is 9.63. The van der Waals surface area contributed by atoms with Gasteiger partial charge in [0, 0.05) is 19.3 Å². The third-order valence-electron chi connectivity index (χ3n) is 6.22. The minimum absolute atomic E-state index is 0.0267. The molecule has 0 aliphatic heterocycles. The predicted molar refractivity (Wildman–Crippen MR) is 149 cm³/mol. The van der Waals surface area contributed by atoms with Crippen LogP contribution >= 0.6 is 0 Å². The highest BCUT2D eigenvalue weighted by Gasteiger charge is 2.31. The normalized spacial score (nSPS) is 13.5. The number of rotatable bonds is 17. The van der Waals surface area contributed by atoms with Crippen molar-refractivity contribution >= 4 is 35.6 Å². The molecule has 14 heteroatoms. The van der Waals surface area contributed by atoms with Crippen molar-refractivity contribution in [3.05, 3.63) is 65.7 Å². The molecule has 4 amide bonds. The molecule has 0 aliphatic carbocycles. The van der Waals surface area contributed by atoms with Gasteiger partial charge in [-0.2, -0.15) is 0 Å². The van der Waals surface area contributed by atoms with Gasteiger partial charge >= 0.3 is 11.9 Å². The van der Waals surface area contributed by atoms with Gasteiger partial charge in [0.15, 0.2) is 0 Å². The highest BCUT2D eigenvalue weighted by Crippen LogP contribution is 2.12. The van der Waals surface area contributed by atoms with Crippen LogP contribution in [0.25, 0.3) is 0 Å². The molecule has 14 nitrogen and oxygen atoms in total. The number of carbonyl (C=O) groups is 6. The number of aromatic hydroxyl groups is 1. The number of aliphatic carboxylic acids is 2. The summed E-state index contributed by atoms with van der Waals surface area (Å²) >= 11 is 0. The van der Waals surface area contributed by atoms with Crippen LogP contribution in [0.1, 0.15) is 36.8 Å². The van der Waals surface area contributed by atoms with Gasteiger partial charge in [-0.05, 0) is 42.5 Å². The number of phenols is 1. The quantitative estimate of drug-likeness (QED) is 0.114. The topological polar surface area (TPSA) is 251 Å². The van der Waals surface area contributed by atoms with Gasteiger partial charge in [-0.15, -0.1) is 0 Å². The Labute approximate surface area is 241 Å². The van der Waals surface area contributed by atoms with Gasteiger partial charge in [-0.25, -0.2) is 4.79 Å². The highest BCUT2D eigenvalue weighted by molar-refractivity contribution is 5.94. The summed E-state index contributed by atoms with van der Waals surface area (Å²) in [5, 5.41) is 35.3. The standard InChI is InChI=1S/C28H35N5O9/c29-19(14-17-6-8-18(34)9-7-17)25(38)31-20(11-13-24(36)37)26(39)33-22(15-16-4-2-1-3-5-16)27(40)32-21(28(41)42)10-12-23(30)35/h1-9,19-22,34H,10-15,29H2,(H2,30,35)(H,31,38)(H,32,40)(H,33,39)(H,36,37)(H,41,42). The molecule has 0 spiro atoms. The van der Waals surface area contributed by atoms with Gasteiger partial charge in [0.1, 0.15) is 23.9 Å². The molecule has 0 heterocycles. The van der Waals surface area contributed by atoms with Crippen LogP contribution in [0, 0.1) is 0 Å². The summed E-state index contributed by atoms with van der Waals surface area (Å²) in [6.45, 7) is 0. The lowest BCUT2D eigenvalue weighted by Gasteiger charge is -2.25. The van der Waals surface area contributed by atoms with Crippen molar-refractivity contribution in [2.45, 2.75) is 62.7 Å². The Morgan fingerprint density at radius 3 is 1.76 bits per heavy atom. The predicted octanol–water partition coefficient (Wildman–Crippen LogP) is -0.826. The maximum absolute atomic E-state index is 13.3. The Morgan fingerprint density at radius 1 is 0.667 bits per heavy atom. The maximum atomic E-state index is 13.3. The number of nitrogens with two attached hydrogens (primary N) is 2. The second kappa shape index (κ2) is 16.3. The third-order valence-corrected chi connectivity index (χ3v) is 6.22. The molecule has 2 aromatic rings. The summed E-state index contributed by atoms with van der Waals surface area (Å²) in [5.74, 6) is -5.89. The van der Waals surface area contributed by atoms with Gasteiger partial charge in [0.25, 0.3) is 0 Å². The van der Waals surface area contributed by atoms with Crippen LogP contribution in [0.2, 0.25) is 0 Å². The van der Waals surface area contributed by atoms with E-state index >= 15 is 0 Å². The van der Waals surface area contributed by atoms with Crippen LogP contribution in [0.15, 0.2) is 54.6 Å². The summed E-state index contributed by atoms with van der Waals surface area (Å²) in [4.78, 5) is 73.3. The highest BCUT2D eigenvalue weighted by atomic mass is 16.4. The SMILES string of the molecule is NC(=O)CCC(NC(=O)C(Cc1ccccc1)NC(=O)C(CCC(=O)O)NC(=O)C(N)Cc1ccc(O)cc1)C(=O)O. The zero-order valence-corrected chi connectivity index (χ0v) is 22.7. The van der Waals surface area contributed by atoms with E-state index in [4.69, 9.17) is 16.6 Å². The molecule has 4 unspecified atom stereocenters. The molecular weight excluding hydrogens is 550 g/mol. The lowest BCUT2D eigenvalue weighted by Crippen LogP contribution is -2.57. The molecule has 0 radical (unpaired) electrons. The number of carboxylic acids is 2. The molecule has 10 N–H and O–H groups in total. The van der Waals surface area contributed by atoms with Crippen LogP contribution in [0.5, 0.6) is 5.75 Å². The smallest absolute Gasteiger partial charge is 0.326 e. The fraction of sp³-hybridized carbons (Fsp3) is 0.357. The van der Waals surface area contributed by atoms with Crippen molar-refractivity contribution in [2.24, 2.45) is 11.5 Å². The van der Waals surface area contributed by atoms with E-state index in [0.717, 1.165) is 0 Å². The number of primary amides is 1. The van der Waals surface area contributed by atoms with Crippen molar-refractivity contribution in [1.29, 1.82) is 0 Å². The minimum atomic E-state index is -1.47.